The van der Waals surface area contributed by atoms with Crippen LogP contribution in [-0.2, 0) is 14.3 Å². The average molecular weight is 303 g/mol. The second kappa shape index (κ2) is 6.06. The van der Waals surface area contributed by atoms with Crippen LogP contribution in [0.1, 0.15) is 36.7 Å². The van der Waals surface area contributed by atoms with Crippen LogP contribution in [0.3, 0.4) is 0 Å². The zero-order chi connectivity index (χ0) is 15.7. The number of amides is 2. The monoisotopic (exact) mass is 303 g/mol. The van der Waals surface area contributed by atoms with Crippen LogP contribution in [0.2, 0.25) is 0 Å². The number of nitrogens with zero attached hydrogens (tertiary/aromatic N) is 1. The van der Waals surface area contributed by atoms with Gasteiger partial charge >= 0.3 is 0 Å². The first kappa shape index (κ1) is 15.0. The number of hydrogen-bond donors (Lipinski definition) is 2. The van der Waals surface area contributed by atoms with Crippen LogP contribution >= 0.6 is 0 Å². The molecule has 3 atom stereocenters. The van der Waals surface area contributed by atoms with Crippen LogP contribution < -0.4 is 10.6 Å². The van der Waals surface area contributed by atoms with Gasteiger partial charge in [-0.1, -0.05) is 24.3 Å². The Kier molecular flexibility index (Phi) is 4.13. The SMILES string of the molecule is CNCC(=O)N[C@H]1CCOC2c3ccccc3C(C)N2C1=O. The van der Waals surface area contributed by atoms with E-state index in [2.05, 4.69) is 10.6 Å². The predicted octanol–water partition coefficient (Wildman–Crippen LogP) is 0.713. The summed E-state index contributed by atoms with van der Waals surface area (Å²) in [5.41, 5.74) is 2.16. The van der Waals surface area contributed by atoms with Gasteiger partial charge in [0.1, 0.15) is 6.04 Å². The highest BCUT2D eigenvalue weighted by Gasteiger charge is 2.43. The fourth-order valence-corrected chi connectivity index (χ4v) is 3.24. The molecule has 6 nitrogen and oxygen atoms in total. The number of carbonyl (C=O) groups is 2. The number of ether oxygens (including phenoxy) is 1. The topological polar surface area (TPSA) is 70.7 Å². The lowest BCUT2D eigenvalue weighted by Crippen LogP contribution is -2.49. The van der Waals surface area contributed by atoms with Gasteiger partial charge in [0.25, 0.3) is 0 Å². The van der Waals surface area contributed by atoms with Crippen molar-refractivity contribution in [2.75, 3.05) is 20.2 Å². The minimum absolute atomic E-state index is 0.0458. The highest BCUT2D eigenvalue weighted by Crippen LogP contribution is 2.43. The maximum absolute atomic E-state index is 12.9. The molecule has 1 aromatic rings. The maximum Gasteiger partial charge on any atom is 0.248 e. The quantitative estimate of drug-likeness (QED) is 0.863. The zero-order valence-electron chi connectivity index (χ0n) is 12.8. The molecule has 0 radical (unpaired) electrons. The summed E-state index contributed by atoms with van der Waals surface area (Å²) >= 11 is 0. The van der Waals surface area contributed by atoms with E-state index in [1.807, 2.05) is 31.2 Å². The van der Waals surface area contributed by atoms with Crippen LogP contribution in [0.4, 0.5) is 0 Å². The molecular weight excluding hydrogens is 282 g/mol. The summed E-state index contributed by atoms with van der Waals surface area (Å²) < 4.78 is 5.90. The van der Waals surface area contributed by atoms with Crippen molar-refractivity contribution in [3.8, 4) is 0 Å². The molecule has 0 bridgehead atoms. The van der Waals surface area contributed by atoms with Gasteiger partial charge in [0.05, 0.1) is 19.2 Å². The van der Waals surface area contributed by atoms with Crippen molar-refractivity contribution in [1.29, 1.82) is 0 Å². The third-order valence-corrected chi connectivity index (χ3v) is 4.29. The Labute approximate surface area is 129 Å². The van der Waals surface area contributed by atoms with Gasteiger partial charge in [0, 0.05) is 12.0 Å². The molecule has 0 spiro atoms. The molecule has 2 aliphatic heterocycles. The van der Waals surface area contributed by atoms with Gasteiger partial charge in [-0.05, 0) is 19.5 Å². The van der Waals surface area contributed by atoms with Crippen LogP contribution in [0.5, 0.6) is 0 Å². The van der Waals surface area contributed by atoms with E-state index in [1.54, 1.807) is 11.9 Å². The lowest BCUT2D eigenvalue weighted by molar-refractivity contribution is -0.146. The van der Waals surface area contributed by atoms with Crippen molar-refractivity contribution >= 4 is 11.8 Å². The number of fused-ring (bicyclic) bond motifs is 3. The molecule has 1 saturated heterocycles. The molecule has 2 N–H and O–H groups in total. The predicted molar refractivity (Wildman–Crippen MR) is 80.9 cm³/mol. The molecule has 1 fully saturated rings. The van der Waals surface area contributed by atoms with Crippen LogP contribution in [-0.4, -0.2) is 43.0 Å². The van der Waals surface area contributed by atoms with Crippen LogP contribution in [0.15, 0.2) is 24.3 Å². The molecule has 118 valence electrons. The third kappa shape index (κ3) is 2.48. The molecule has 22 heavy (non-hydrogen) atoms. The van der Waals surface area contributed by atoms with Crippen molar-refractivity contribution < 1.29 is 14.3 Å². The van der Waals surface area contributed by atoms with Crippen molar-refractivity contribution in [1.82, 2.24) is 15.5 Å². The Bertz CT molecular complexity index is 590. The molecule has 2 heterocycles. The summed E-state index contributed by atoms with van der Waals surface area (Å²) in [5.74, 6) is -0.251. The zero-order valence-corrected chi connectivity index (χ0v) is 12.8. The summed E-state index contributed by atoms with van der Waals surface area (Å²) in [6.07, 6.45) is 0.154. The molecule has 3 rings (SSSR count). The lowest BCUT2D eigenvalue weighted by Gasteiger charge is -2.28. The van der Waals surface area contributed by atoms with Gasteiger partial charge in [-0.15, -0.1) is 0 Å². The summed E-state index contributed by atoms with van der Waals surface area (Å²) in [6, 6.07) is 7.39. The highest BCUT2D eigenvalue weighted by atomic mass is 16.5. The van der Waals surface area contributed by atoms with Gasteiger partial charge in [-0.2, -0.15) is 0 Å². The Morgan fingerprint density at radius 3 is 2.82 bits per heavy atom. The molecule has 2 aliphatic rings. The molecule has 1 aromatic carbocycles. The number of nitrogens with one attached hydrogen (secondary N) is 2. The molecule has 0 aromatic heterocycles. The molecule has 2 amide bonds. The lowest BCUT2D eigenvalue weighted by atomic mass is 10.1. The standard InChI is InChI=1S/C16H21N3O3/c1-10-11-5-3-4-6-12(11)16-19(10)15(21)13(7-8-22-16)18-14(20)9-17-2/h3-6,10,13,16-17H,7-9H2,1-2H3,(H,18,20)/t10?,13-,16?/m0/s1. The van der Waals surface area contributed by atoms with Gasteiger partial charge < -0.3 is 20.3 Å². The van der Waals surface area contributed by atoms with E-state index in [-0.39, 0.29) is 30.6 Å². The van der Waals surface area contributed by atoms with Crippen molar-refractivity contribution in [2.24, 2.45) is 0 Å². The Morgan fingerprint density at radius 1 is 1.36 bits per heavy atom. The molecule has 6 heteroatoms. The van der Waals surface area contributed by atoms with E-state index < -0.39 is 6.04 Å². The normalized spacial score (nSPS) is 27.1. The minimum Gasteiger partial charge on any atom is -0.354 e. The number of hydrogen-bond acceptors (Lipinski definition) is 4. The molecule has 0 aliphatic carbocycles. The van der Waals surface area contributed by atoms with E-state index in [0.717, 1.165) is 11.1 Å². The Morgan fingerprint density at radius 2 is 2.09 bits per heavy atom. The first-order valence-electron chi connectivity index (χ1n) is 7.60. The van der Waals surface area contributed by atoms with Gasteiger partial charge in [0.15, 0.2) is 6.23 Å². The first-order chi connectivity index (χ1) is 10.6. The second-order valence-electron chi connectivity index (χ2n) is 5.71. The van der Waals surface area contributed by atoms with Gasteiger partial charge in [0.2, 0.25) is 11.8 Å². The molecule has 2 unspecified atom stereocenters. The van der Waals surface area contributed by atoms with Crippen molar-refractivity contribution in [3.63, 3.8) is 0 Å². The number of benzene rings is 1. The van der Waals surface area contributed by atoms with E-state index in [9.17, 15) is 9.59 Å². The van der Waals surface area contributed by atoms with Crippen molar-refractivity contribution in [2.45, 2.75) is 31.7 Å². The Balaban J connectivity index is 1.84. The summed E-state index contributed by atoms with van der Waals surface area (Å²) in [5, 5.41) is 5.59. The Hall–Kier alpha value is -1.92. The number of likely N-dealkylation sites (N-methyl/N-ethyl adjacent to an activating group) is 1. The first-order valence-corrected chi connectivity index (χ1v) is 7.60. The van der Waals surface area contributed by atoms with E-state index in [4.69, 9.17) is 4.74 Å². The molecule has 0 saturated carbocycles. The summed E-state index contributed by atoms with van der Waals surface area (Å²) in [4.78, 5) is 26.4. The average Bonchev–Trinajstić information content (AvgIpc) is 2.68. The fourth-order valence-electron chi connectivity index (χ4n) is 3.24. The highest BCUT2D eigenvalue weighted by molar-refractivity contribution is 5.89. The maximum atomic E-state index is 12.9. The fraction of sp³-hybridized carbons (Fsp3) is 0.500. The second-order valence-corrected chi connectivity index (χ2v) is 5.71. The largest absolute Gasteiger partial charge is 0.354 e. The summed E-state index contributed by atoms with van der Waals surface area (Å²) in [7, 11) is 1.70. The van der Waals surface area contributed by atoms with Crippen LogP contribution in [0, 0.1) is 0 Å². The third-order valence-electron chi connectivity index (χ3n) is 4.29. The summed E-state index contributed by atoms with van der Waals surface area (Å²) in [6.45, 7) is 2.64. The number of carbonyl (C=O) groups excluding carboxylic acids is 2. The molecular formula is C16H21N3O3. The van der Waals surface area contributed by atoms with E-state index in [1.165, 1.54) is 0 Å². The van der Waals surface area contributed by atoms with E-state index in [0.29, 0.717) is 13.0 Å². The minimum atomic E-state index is -0.525. The van der Waals surface area contributed by atoms with E-state index >= 15 is 0 Å². The van der Waals surface area contributed by atoms with Gasteiger partial charge in [-0.25, -0.2) is 0 Å². The van der Waals surface area contributed by atoms with Crippen LogP contribution in [0.25, 0.3) is 0 Å². The van der Waals surface area contributed by atoms with Crippen molar-refractivity contribution in [3.05, 3.63) is 35.4 Å². The van der Waals surface area contributed by atoms with Gasteiger partial charge in [-0.3, -0.25) is 9.59 Å². The number of rotatable bonds is 3. The smallest absolute Gasteiger partial charge is 0.248 e.